The van der Waals surface area contributed by atoms with Crippen LogP contribution in [-0.4, -0.2) is 26.6 Å². The lowest BCUT2D eigenvalue weighted by Crippen LogP contribution is -2.13. The predicted molar refractivity (Wildman–Crippen MR) is 95.5 cm³/mol. The molecule has 3 aromatic heterocycles. The second-order valence-electron chi connectivity index (χ2n) is 5.74. The number of imidazole rings is 1. The molecule has 0 saturated heterocycles. The van der Waals surface area contributed by atoms with Gasteiger partial charge in [0, 0.05) is 30.7 Å². The quantitative estimate of drug-likeness (QED) is 0.576. The summed E-state index contributed by atoms with van der Waals surface area (Å²) in [6.45, 7) is 2.08. The first-order valence-electron chi connectivity index (χ1n) is 7.78. The summed E-state index contributed by atoms with van der Waals surface area (Å²) >= 11 is 0. The van der Waals surface area contributed by atoms with E-state index in [0.717, 1.165) is 28.4 Å². The summed E-state index contributed by atoms with van der Waals surface area (Å²) in [5.41, 5.74) is 5.18. The molecule has 0 atom stereocenters. The number of benzene rings is 1. The molecule has 5 nitrogen and oxygen atoms in total. The molecule has 0 spiro atoms. The standard InChI is InChI=1S/C19H17N5/c1-14-3-5-15(6-4-14)17-13-21-18-7-8-19(22-24(17)18)23(2)16-9-11-20-12-10-16/h3-13H,1-2H3. The summed E-state index contributed by atoms with van der Waals surface area (Å²) in [7, 11) is 1.99. The van der Waals surface area contributed by atoms with Gasteiger partial charge in [-0.1, -0.05) is 29.8 Å². The van der Waals surface area contributed by atoms with Crippen LogP contribution in [0.5, 0.6) is 0 Å². The second-order valence-corrected chi connectivity index (χ2v) is 5.74. The minimum absolute atomic E-state index is 0.831. The van der Waals surface area contributed by atoms with Crippen LogP contribution in [0.1, 0.15) is 5.56 Å². The molecule has 0 fully saturated rings. The van der Waals surface area contributed by atoms with Gasteiger partial charge < -0.3 is 4.90 Å². The average molecular weight is 315 g/mol. The van der Waals surface area contributed by atoms with Crippen LogP contribution in [0.3, 0.4) is 0 Å². The number of hydrogen-bond acceptors (Lipinski definition) is 4. The first kappa shape index (κ1) is 14.4. The zero-order valence-corrected chi connectivity index (χ0v) is 13.6. The molecule has 5 heteroatoms. The topological polar surface area (TPSA) is 46.3 Å². The number of aromatic nitrogens is 4. The molecule has 0 aliphatic carbocycles. The summed E-state index contributed by atoms with van der Waals surface area (Å²) in [5.74, 6) is 0.847. The molecular weight excluding hydrogens is 298 g/mol. The van der Waals surface area contributed by atoms with Crippen molar-refractivity contribution in [3.05, 3.63) is 72.7 Å². The smallest absolute Gasteiger partial charge is 0.154 e. The van der Waals surface area contributed by atoms with Crippen LogP contribution in [0.2, 0.25) is 0 Å². The van der Waals surface area contributed by atoms with Gasteiger partial charge in [-0.05, 0) is 31.2 Å². The number of rotatable bonds is 3. The summed E-state index contributed by atoms with van der Waals surface area (Å²) in [6, 6.07) is 16.3. The third-order valence-electron chi connectivity index (χ3n) is 4.09. The van der Waals surface area contributed by atoms with Crippen LogP contribution in [0.25, 0.3) is 16.9 Å². The van der Waals surface area contributed by atoms with Gasteiger partial charge in [0.25, 0.3) is 0 Å². The first-order chi connectivity index (χ1) is 11.7. The van der Waals surface area contributed by atoms with Crippen molar-refractivity contribution in [2.45, 2.75) is 6.92 Å². The number of anilines is 2. The molecule has 24 heavy (non-hydrogen) atoms. The number of pyridine rings is 1. The van der Waals surface area contributed by atoms with Gasteiger partial charge in [-0.2, -0.15) is 0 Å². The maximum Gasteiger partial charge on any atom is 0.154 e. The number of fused-ring (bicyclic) bond motifs is 1. The maximum absolute atomic E-state index is 4.77. The van der Waals surface area contributed by atoms with Gasteiger partial charge in [-0.15, -0.1) is 5.10 Å². The summed E-state index contributed by atoms with van der Waals surface area (Å²) < 4.78 is 1.89. The molecule has 0 radical (unpaired) electrons. The molecular formula is C19H17N5. The van der Waals surface area contributed by atoms with Crippen molar-refractivity contribution in [2.24, 2.45) is 0 Å². The van der Waals surface area contributed by atoms with E-state index >= 15 is 0 Å². The Morgan fingerprint density at radius 2 is 1.67 bits per heavy atom. The van der Waals surface area contributed by atoms with E-state index in [1.165, 1.54) is 5.56 Å². The van der Waals surface area contributed by atoms with Crippen molar-refractivity contribution in [1.82, 2.24) is 19.6 Å². The number of nitrogens with zero attached hydrogens (tertiary/aromatic N) is 5. The van der Waals surface area contributed by atoms with E-state index in [-0.39, 0.29) is 0 Å². The van der Waals surface area contributed by atoms with Gasteiger partial charge in [-0.3, -0.25) is 4.98 Å². The molecule has 4 aromatic rings. The number of hydrogen-bond donors (Lipinski definition) is 0. The average Bonchev–Trinajstić information content (AvgIpc) is 3.05. The summed E-state index contributed by atoms with van der Waals surface area (Å²) in [5, 5.41) is 4.77. The van der Waals surface area contributed by atoms with Crippen molar-refractivity contribution < 1.29 is 0 Å². The normalized spacial score (nSPS) is 10.9. The van der Waals surface area contributed by atoms with E-state index in [4.69, 9.17) is 5.10 Å². The molecule has 0 N–H and O–H groups in total. The van der Waals surface area contributed by atoms with E-state index in [1.54, 1.807) is 12.4 Å². The lowest BCUT2D eigenvalue weighted by molar-refractivity contribution is 0.920. The highest BCUT2D eigenvalue weighted by molar-refractivity contribution is 5.65. The molecule has 0 saturated carbocycles. The molecule has 0 amide bonds. The van der Waals surface area contributed by atoms with Crippen molar-refractivity contribution in [2.75, 3.05) is 11.9 Å². The predicted octanol–water partition coefficient (Wildman–Crippen LogP) is 3.87. The Morgan fingerprint density at radius 3 is 2.42 bits per heavy atom. The van der Waals surface area contributed by atoms with Crippen LogP contribution >= 0.6 is 0 Å². The van der Waals surface area contributed by atoms with Crippen LogP contribution in [0, 0.1) is 6.92 Å². The lowest BCUT2D eigenvalue weighted by Gasteiger charge is -2.18. The van der Waals surface area contributed by atoms with Crippen molar-refractivity contribution in [1.29, 1.82) is 0 Å². The molecule has 0 aliphatic rings. The highest BCUT2D eigenvalue weighted by atomic mass is 15.3. The van der Waals surface area contributed by atoms with Gasteiger partial charge in [0.2, 0.25) is 0 Å². The van der Waals surface area contributed by atoms with Crippen LogP contribution in [0.4, 0.5) is 11.5 Å². The minimum Gasteiger partial charge on any atom is -0.328 e. The van der Waals surface area contributed by atoms with Gasteiger partial charge >= 0.3 is 0 Å². The van der Waals surface area contributed by atoms with E-state index in [1.807, 2.05) is 46.9 Å². The Morgan fingerprint density at radius 1 is 0.917 bits per heavy atom. The van der Waals surface area contributed by atoms with Gasteiger partial charge in [-0.25, -0.2) is 9.50 Å². The van der Waals surface area contributed by atoms with Crippen LogP contribution in [0.15, 0.2) is 67.1 Å². The third-order valence-corrected chi connectivity index (χ3v) is 4.09. The Labute approximate surface area is 140 Å². The fourth-order valence-corrected chi connectivity index (χ4v) is 2.66. The zero-order chi connectivity index (χ0) is 16.5. The largest absolute Gasteiger partial charge is 0.328 e. The van der Waals surface area contributed by atoms with E-state index in [9.17, 15) is 0 Å². The maximum atomic E-state index is 4.77. The van der Waals surface area contributed by atoms with E-state index in [0.29, 0.717) is 0 Å². The molecule has 3 heterocycles. The molecule has 0 unspecified atom stereocenters. The molecule has 0 bridgehead atoms. The first-order valence-corrected chi connectivity index (χ1v) is 7.78. The summed E-state index contributed by atoms with van der Waals surface area (Å²) in [6.07, 6.45) is 5.42. The van der Waals surface area contributed by atoms with E-state index < -0.39 is 0 Å². The van der Waals surface area contributed by atoms with Gasteiger partial charge in [0.15, 0.2) is 11.5 Å². The van der Waals surface area contributed by atoms with Gasteiger partial charge in [0.1, 0.15) is 0 Å². The monoisotopic (exact) mass is 315 g/mol. The Kier molecular flexibility index (Phi) is 3.46. The minimum atomic E-state index is 0.831. The van der Waals surface area contributed by atoms with Gasteiger partial charge in [0.05, 0.1) is 11.9 Å². The molecule has 0 aliphatic heterocycles. The van der Waals surface area contributed by atoms with Crippen LogP contribution in [-0.2, 0) is 0 Å². The zero-order valence-electron chi connectivity index (χ0n) is 13.6. The van der Waals surface area contributed by atoms with E-state index in [2.05, 4.69) is 41.2 Å². The Bertz CT molecular complexity index is 974. The number of aryl methyl sites for hydroxylation is 1. The highest BCUT2D eigenvalue weighted by Crippen LogP contribution is 2.24. The lowest BCUT2D eigenvalue weighted by atomic mass is 10.1. The summed E-state index contributed by atoms with van der Waals surface area (Å²) in [4.78, 5) is 10.6. The molecule has 118 valence electrons. The Hall–Kier alpha value is -3.21. The molecule has 4 rings (SSSR count). The van der Waals surface area contributed by atoms with Crippen molar-refractivity contribution in [3.63, 3.8) is 0 Å². The fourth-order valence-electron chi connectivity index (χ4n) is 2.66. The SMILES string of the molecule is Cc1ccc(-c2cnc3ccc(N(C)c4ccncc4)nn23)cc1. The second kappa shape index (κ2) is 5.77. The van der Waals surface area contributed by atoms with Crippen LogP contribution < -0.4 is 4.90 Å². The molecule has 1 aromatic carbocycles. The highest BCUT2D eigenvalue weighted by Gasteiger charge is 2.11. The van der Waals surface area contributed by atoms with Crippen molar-refractivity contribution in [3.8, 4) is 11.3 Å². The Balaban J connectivity index is 1.80. The third kappa shape index (κ3) is 2.50. The van der Waals surface area contributed by atoms with Crippen molar-refractivity contribution >= 4 is 17.2 Å². The fraction of sp³-hybridized carbons (Fsp3) is 0.105.